The molecule has 0 bridgehead atoms. The topological polar surface area (TPSA) is 51.8 Å². The Balaban J connectivity index is 2.18. The van der Waals surface area contributed by atoms with Gasteiger partial charge in [-0.2, -0.15) is 0 Å². The van der Waals surface area contributed by atoms with E-state index < -0.39 is 5.79 Å². The summed E-state index contributed by atoms with van der Waals surface area (Å²) in [7, 11) is 0. The lowest BCUT2D eigenvalue weighted by atomic mass is 10.1. The van der Waals surface area contributed by atoms with Gasteiger partial charge in [0.2, 0.25) is 0 Å². The van der Waals surface area contributed by atoms with E-state index in [9.17, 15) is 0 Å². The van der Waals surface area contributed by atoms with Crippen molar-refractivity contribution in [3.63, 3.8) is 0 Å². The zero-order valence-corrected chi connectivity index (χ0v) is 9.60. The van der Waals surface area contributed by atoms with Gasteiger partial charge in [0.15, 0.2) is 5.79 Å². The highest BCUT2D eigenvalue weighted by Gasteiger charge is 2.35. The number of rotatable bonds is 2. The molecule has 1 saturated heterocycles. The Kier molecular flexibility index (Phi) is 2.43. The lowest BCUT2D eigenvalue weighted by Gasteiger charge is -2.22. The Morgan fingerprint density at radius 3 is 2.76 bits per heavy atom. The minimum absolute atomic E-state index is 0.105. The number of aliphatic hydroxyl groups is 1. The quantitative estimate of drug-likeness (QED) is 0.865. The molecule has 2 aromatic rings. The number of hydrogen-bond acceptors (Lipinski definition) is 4. The second kappa shape index (κ2) is 3.84. The zero-order chi connectivity index (χ0) is 11.9. The summed E-state index contributed by atoms with van der Waals surface area (Å²) in [6.45, 7) is 2.95. The molecule has 0 spiro atoms. The fourth-order valence-electron chi connectivity index (χ4n) is 2.22. The van der Waals surface area contributed by atoms with Crippen molar-refractivity contribution in [1.82, 2.24) is 0 Å². The lowest BCUT2D eigenvalue weighted by molar-refractivity contribution is -0.149. The second-order valence-electron chi connectivity index (χ2n) is 4.24. The SMILES string of the molecule is CC1(c2cccc3cc(CO)oc23)OCCO1. The molecule has 4 heteroatoms. The zero-order valence-electron chi connectivity index (χ0n) is 9.60. The minimum atomic E-state index is -0.746. The molecule has 0 radical (unpaired) electrons. The monoisotopic (exact) mass is 234 g/mol. The van der Waals surface area contributed by atoms with Crippen LogP contribution in [-0.2, 0) is 21.9 Å². The molecule has 1 aromatic heterocycles. The molecule has 3 rings (SSSR count). The highest BCUT2D eigenvalue weighted by Crippen LogP contribution is 2.36. The molecule has 4 nitrogen and oxygen atoms in total. The van der Waals surface area contributed by atoms with Crippen LogP contribution in [0.1, 0.15) is 18.2 Å². The summed E-state index contributed by atoms with van der Waals surface area (Å²) in [4.78, 5) is 0. The first-order chi connectivity index (χ1) is 8.23. The molecule has 1 N–H and O–H groups in total. The first-order valence-electron chi connectivity index (χ1n) is 5.63. The van der Waals surface area contributed by atoms with Crippen molar-refractivity contribution in [1.29, 1.82) is 0 Å². The Morgan fingerprint density at radius 1 is 1.29 bits per heavy atom. The third-order valence-corrected chi connectivity index (χ3v) is 3.08. The fraction of sp³-hybridized carbons (Fsp3) is 0.385. The number of para-hydroxylation sites is 1. The van der Waals surface area contributed by atoms with Crippen molar-refractivity contribution < 1.29 is 19.0 Å². The first-order valence-corrected chi connectivity index (χ1v) is 5.63. The lowest BCUT2D eigenvalue weighted by Crippen LogP contribution is -2.22. The Labute approximate surface area is 98.7 Å². The van der Waals surface area contributed by atoms with Crippen LogP contribution in [0.3, 0.4) is 0 Å². The molecule has 1 fully saturated rings. The molecule has 2 heterocycles. The largest absolute Gasteiger partial charge is 0.458 e. The summed E-state index contributed by atoms with van der Waals surface area (Å²) < 4.78 is 16.9. The number of hydrogen-bond donors (Lipinski definition) is 1. The molecule has 17 heavy (non-hydrogen) atoms. The molecule has 0 saturated carbocycles. The molecule has 1 aliphatic heterocycles. The van der Waals surface area contributed by atoms with Crippen molar-refractivity contribution >= 4 is 11.0 Å². The summed E-state index contributed by atoms with van der Waals surface area (Å²) in [6, 6.07) is 7.64. The standard InChI is InChI=1S/C13H14O4/c1-13(15-5-6-16-13)11-4-2-3-9-7-10(8-14)17-12(9)11/h2-4,7,14H,5-6,8H2,1H3. The fourth-order valence-corrected chi connectivity index (χ4v) is 2.22. The Hall–Kier alpha value is -1.36. The predicted octanol–water partition coefficient (Wildman–Crippen LogP) is 2.14. The number of furan rings is 1. The van der Waals surface area contributed by atoms with E-state index in [1.807, 2.05) is 31.2 Å². The number of benzene rings is 1. The van der Waals surface area contributed by atoms with Gasteiger partial charge in [0.25, 0.3) is 0 Å². The average Bonchev–Trinajstić information content (AvgIpc) is 2.94. The molecule has 1 aromatic carbocycles. The molecule has 90 valence electrons. The highest BCUT2D eigenvalue weighted by atomic mass is 16.7. The normalized spacial score (nSPS) is 18.9. The summed E-state index contributed by atoms with van der Waals surface area (Å²) >= 11 is 0. The van der Waals surface area contributed by atoms with Gasteiger partial charge in [-0.3, -0.25) is 0 Å². The average molecular weight is 234 g/mol. The minimum Gasteiger partial charge on any atom is -0.458 e. The van der Waals surface area contributed by atoms with Crippen LogP contribution in [0.2, 0.25) is 0 Å². The van der Waals surface area contributed by atoms with Crippen molar-refractivity contribution in [3.8, 4) is 0 Å². The van der Waals surface area contributed by atoms with E-state index in [0.29, 0.717) is 19.0 Å². The van der Waals surface area contributed by atoms with Crippen LogP contribution in [-0.4, -0.2) is 18.3 Å². The van der Waals surface area contributed by atoms with Crippen LogP contribution in [0.5, 0.6) is 0 Å². The predicted molar refractivity (Wildman–Crippen MR) is 61.4 cm³/mol. The number of aliphatic hydroxyl groups excluding tert-OH is 1. The van der Waals surface area contributed by atoms with Crippen LogP contribution in [0.25, 0.3) is 11.0 Å². The Bertz CT molecular complexity index is 537. The summed E-state index contributed by atoms with van der Waals surface area (Å²) in [5, 5.41) is 10.1. The van der Waals surface area contributed by atoms with E-state index in [1.165, 1.54) is 0 Å². The highest BCUT2D eigenvalue weighted by molar-refractivity contribution is 5.81. The van der Waals surface area contributed by atoms with Gasteiger partial charge in [-0.15, -0.1) is 0 Å². The van der Waals surface area contributed by atoms with Gasteiger partial charge in [-0.1, -0.05) is 12.1 Å². The van der Waals surface area contributed by atoms with Crippen LogP contribution in [0.4, 0.5) is 0 Å². The summed E-state index contributed by atoms with van der Waals surface area (Å²) in [5.74, 6) is -0.196. The van der Waals surface area contributed by atoms with Gasteiger partial charge in [-0.05, 0) is 19.1 Å². The van der Waals surface area contributed by atoms with E-state index in [0.717, 1.165) is 16.5 Å². The molecule has 1 aliphatic rings. The molecule has 0 amide bonds. The maximum Gasteiger partial charge on any atom is 0.195 e. The molecule has 0 unspecified atom stereocenters. The van der Waals surface area contributed by atoms with E-state index in [1.54, 1.807) is 0 Å². The molecular weight excluding hydrogens is 220 g/mol. The van der Waals surface area contributed by atoms with Crippen LogP contribution >= 0.6 is 0 Å². The van der Waals surface area contributed by atoms with Crippen LogP contribution in [0, 0.1) is 0 Å². The summed E-state index contributed by atoms with van der Waals surface area (Å²) in [5.41, 5.74) is 1.59. The number of ether oxygens (including phenoxy) is 2. The summed E-state index contributed by atoms with van der Waals surface area (Å²) in [6.07, 6.45) is 0. The van der Waals surface area contributed by atoms with Crippen LogP contribution < -0.4 is 0 Å². The first kappa shape index (κ1) is 10.8. The molecular formula is C13H14O4. The second-order valence-corrected chi connectivity index (χ2v) is 4.24. The third-order valence-electron chi connectivity index (χ3n) is 3.08. The van der Waals surface area contributed by atoms with E-state index >= 15 is 0 Å². The van der Waals surface area contributed by atoms with Crippen molar-refractivity contribution in [2.45, 2.75) is 19.3 Å². The molecule has 0 aliphatic carbocycles. The van der Waals surface area contributed by atoms with Gasteiger partial charge in [-0.25, -0.2) is 0 Å². The van der Waals surface area contributed by atoms with Crippen molar-refractivity contribution in [2.75, 3.05) is 13.2 Å². The maximum atomic E-state index is 9.10. The van der Waals surface area contributed by atoms with E-state index in [2.05, 4.69) is 0 Å². The van der Waals surface area contributed by atoms with Gasteiger partial charge < -0.3 is 19.0 Å². The van der Waals surface area contributed by atoms with Gasteiger partial charge >= 0.3 is 0 Å². The van der Waals surface area contributed by atoms with Crippen LogP contribution in [0.15, 0.2) is 28.7 Å². The van der Waals surface area contributed by atoms with Gasteiger partial charge in [0.05, 0.1) is 18.8 Å². The smallest absolute Gasteiger partial charge is 0.195 e. The molecule has 0 atom stereocenters. The number of fused-ring (bicyclic) bond motifs is 1. The third kappa shape index (κ3) is 1.65. The Morgan fingerprint density at radius 2 is 2.06 bits per heavy atom. The van der Waals surface area contributed by atoms with Gasteiger partial charge in [0, 0.05) is 5.39 Å². The van der Waals surface area contributed by atoms with Gasteiger partial charge in [0.1, 0.15) is 18.0 Å². The van der Waals surface area contributed by atoms with E-state index in [4.69, 9.17) is 19.0 Å². The maximum absolute atomic E-state index is 9.10. The van der Waals surface area contributed by atoms with E-state index in [-0.39, 0.29) is 6.61 Å². The van der Waals surface area contributed by atoms with Crippen molar-refractivity contribution in [3.05, 3.63) is 35.6 Å². The van der Waals surface area contributed by atoms with Crippen molar-refractivity contribution in [2.24, 2.45) is 0 Å².